The molecule has 1 aliphatic carbocycles. The van der Waals surface area contributed by atoms with Crippen LogP contribution in [0.3, 0.4) is 0 Å². The molecule has 0 N–H and O–H groups in total. The van der Waals surface area contributed by atoms with Gasteiger partial charge in [0.1, 0.15) is 0 Å². The fourth-order valence-corrected chi connectivity index (χ4v) is 5.96. The molecule has 1 rings (SSSR count). The van der Waals surface area contributed by atoms with Gasteiger partial charge < -0.3 is 9.47 Å². The van der Waals surface area contributed by atoms with Gasteiger partial charge in [-0.25, -0.2) is 4.79 Å². The van der Waals surface area contributed by atoms with E-state index in [4.69, 9.17) is 9.47 Å². The number of thioether (sulfide) groups is 2. The van der Waals surface area contributed by atoms with Crippen LogP contribution in [0.2, 0.25) is 0 Å². The monoisotopic (exact) mass is 594 g/mol. The van der Waals surface area contributed by atoms with Crippen LogP contribution in [0, 0.1) is 5.92 Å². The van der Waals surface area contributed by atoms with Crippen molar-refractivity contribution >= 4 is 29.5 Å². The van der Waals surface area contributed by atoms with E-state index in [1.54, 1.807) is 18.9 Å². The summed E-state index contributed by atoms with van der Waals surface area (Å²) < 4.78 is 12.2. The molecular formula is C36H50O3S2. The fourth-order valence-electron chi connectivity index (χ4n) is 4.04. The summed E-state index contributed by atoms with van der Waals surface area (Å²) in [6.45, 7) is 14.7. The minimum atomic E-state index is -0.249. The molecule has 41 heavy (non-hydrogen) atoms. The third-order valence-corrected chi connectivity index (χ3v) is 8.53. The first-order chi connectivity index (χ1) is 19.9. The van der Waals surface area contributed by atoms with Gasteiger partial charge >= 0.3 is 5.97 Å². The second-order valence-electron chi connectivity index (χ2n) is 9.60. The van der Waals surface area contributed by atoms with E-state index in [0.29, 0.717) is 23.9 Å². The lowest BCUT2D eigenvalue weighted by Gasteiger charge is -2.24. The molecule has 0 amide bonds. The summed E-state index contributed by atoms with van der Waals surface area (Å²) in [5, 5.41) is 0. The van der Waals surface area contributed by atoms with Gasteiger partial charge in [-0.15, -0.1) is 11.8 Å². The molecular weight excluding hydrogens is 545 g/mol. The summed E-state index contributed by atoms with van der Waals surface area (Å²) in [6, 6.07) is 0. The van der Waals surface area contributed by atoms with Gasteiger partial charge in [-0.2, -0.15) is 0 Å². The highest BCUT2D eigenvalue weighted by Gasteiger charge is 2.24. The van der Waals surface area contributed by atoms with Crippen LogP contribution in [-0.4, -0.2) is 25.4 Å². The van der Waals surface area contributed by atoms with Crippen LogP contribution in [0.1, 0.15) is 72.1 Å². The van der Waals surface area contributed by atoms with E-state index >= 15 is 0 Å². The zero-order valence-electron chi connectivity index (χ0n) is 25.6. The molecule has 1 aliphatic rings. The Balaban J connectivity index is 2.94. The molecule has 0 spiro atoms. The summed E-state index contributed by atoms with van der Waals surface area (Å²) in [6.07, 6.45) is 34.1. The molecule has 224 valence electrons. The maximum atomic E-state index is 13.4. The van der Waals surface area contributed by atoms with Gasteiger partial charge in [0, 0.05) is 22.8 Å². The summed E-state index contributed by atoms with van der Waals surface area (Å²) in [5.41, 5.74) is 2.10. The van der Waals surface area contributed by atoms with Crippen molar-refractivity contribution in [1.29, 1.82) is 0 Å². The Morgan fingerprint density at radius 3 is 2.56 bits per heavy atom. The minimum Gasteiger partial charge on any atom is -0.501 e. The Labute approximate surface area is 258 Å². The Kier molecular flexibility index (Phi) is 21.3. The Morgan fingerprint density at radius 2 is 1.83 bits per heavy atom. The second-order valence-corrected chi connectivity index (χ2v) is 12.2. The highest BCUT2D eigenvalue weighted by Crippen LogP contribution is 2.41. The molecule has 0 radical (unpaired) electrons. The standard InChI is InChI=1S/C36H50O3S2/c1-7-10-13-14-15-17-28-40-31(5)41-35(36(37)39-27-26-30(4)20-16-11-8-2)33-23-18-21-32(29-33)22-19-25-34(38-6)24-12-9-3/h7-12,14-16,19-20,22,25,32H,4-5,13,17-18,21,23-24,26-29H2,1-3,6H3/b10-7-,11-8-,12-9-,15-14-,20-16-,22-19+,34-25+,35-33+. The lowest BCUT2D eigenvalue weighted by molar-refractivity contribution is -0.138. The zero-order valence-corrected chi connectivity index (χ0v) is 27.2. The van der Waals surface area contributed by atoms with Crippen molar-refractivity contribution in [2.24, 2.45) is 5.92 Å². The first kappa shape index (κ1) is 36.4. The predicted molar refractivity (Wildman–Crippen MR) is 184 cm³/mol. The van der Waals surface area contributed by atoms with Crippen molar-refractivity contribution in [3.63, 3.8) is 0 Å². The van der Waals surface area contributed by atoms with Gasteiger partial charge in [-0.1, -0.05) is 103 Å². The second kappa shape index (κ2) is 24.0. The van der Waals surface area contributed by atoms with Crippen LogP contribution >= 0.6 is 23.5 Å². The van der Waals surface area contributed by atoms with Crippen molar-refractivity contribution in [1.82, 2.24) is 0 Å². The third kappa shape index (κ3) is 17.7. The maximum Gasteiger partial charge on any atom is 0.344 e. The van der Waals surface area contributed by atoms with Crippen molar-refractivity contribution < 1.29 is 14.3 Å². The molecule has 1 atom stereocenters. The van der Waals surface area contributed by atoms with Gasteiger partial charge in [-0.3, -0.25) is 0 Å². The molecule has 1 unspecified atom stereocenters. The molecule has 0 saturated heterocycles. The van der Waals surface area contributed by atoms with E-state index in [2.05, 4.69) is 55.7 Å². The van der Waals surface area contributed by atoms with Gasteiger partial charge in [-0.05, 0) is 76.9 Å². The number of methoxy groups -OCH3 is 1. The van der Waals surface area contributed by atoms with Crippen molar-refractivity contribution in [2.75, 3.05) is 19.5 Å². The SMILES string of the molecule is C=C(/C=C\C=C/C)CCOC(=O)/C(SC(=C)SCC/C=C\C/C=C\C)=C1/CCCC(/C=C/C=C(\C/C=C\C)OC)C1. The average Bonchev–Trinajstić information content (AvgIpc) is 2.97. The lowest BCUT2D eigenvalue weighted by Crippen LogP contribution is -2.14. The molecule has 1 saturated carbocycles. The van der Waals surface area contributed by atoms with Crippen LogP contribution in [0.15, 0.2) is 118 Å². The Hall–Kier alpha value is -2.63. The van der Waals surface area contributed by atoms with Crippen LogP contribution in [-0.2, 0) is 14.3 Å². The van der Waals surface area contributed by atoms with Crippen LogP contribution < -0.4 is 0 Å². The molecule has 0 bridgehead atoms. The van der Waals surface area contributed by atoms with Gasteiger partial charge in [0.15, 0.2) is 0 Å². The number of esters is 1. The van der Waals surface area contributed by atoms with E-state index in [1.165, 1.54) is 17.3 Å². The normalized spacial score (nSPS) is 18.0. The number of rotatable bonds is 19. The number of hydrogen-bond acceptors (Lipinski definition) is 5. The van der Waals surface area contributed by atoms with Crippen molar-refractivity contribution in [3.05, 3.63) is 118 Å². The number of ether oxygens (including phenoxy) is 2. The smallest absolute Gasteiger partial charge is 0.344 e. The number of allylic oxidation sites excluding steroid dienone is 14. The van der Waals surface area contributed by atoms with Gasteiger partial charge in [0.25, 0.3) is 0 Å². The first-order valence-corrected chi connectivity index (χ1v) is 16.4. The molecule has 0 aliphatic heterocycles. The quantitative estimate of drug-likeness (QED) is 0.0371. The first-order valence-electron chi connectivity index (χ1n) is 14.6. The number of carbonyl (C=O) groups excluding carboxylic acids is 1. The summed E-state index contributed by atoms with van der Waals surface area (Å²) in [7, 11) is 1.71. The molecule has 0 aromatic heterocycles. The molecule has 0 heterocycles. The predicted octanol–water partition coefficient (Wildman–Crippen LogP) is 11.0. The summed E-state index contributed by atoms with van der Waals surface area (Å²) in [5.74, 6) is 1.98. The Morgan fingerprint density at radius 1 is 1.02 bits per heavy atom. The van der Waals surface area contributed by atoms with Gasteiger partial charge in [0.05, 0.1) is 24.4 Å². The van der Waals surface area contributed by atoms with E-state index in [-0.39, 0.29) is 5.97 Å². The average molecular weight is 595 g/mol. The Bertz CT molecular complexity index is 1050. The van der Waals surface area contributed by atoms with E-state index in [9.17, 15) is 4.79 Å². The lowest BCUT2D eigenvalue weighted by atomic mass is 9.85. The van der Waals surface area contributed by atoms with Crippen LogP contribution in [0.4, 0.5) is 0 Å². The molecule has 0 aromatic carbocycles. The maximum absolute atomic E-state index is 13.4. The largest absolute Gasteiger partial charge is 0.501 e. The molecule has 5 heteroatoms. The van der Waals surface area contributed by atoms with E-state index in [0.717, 1.165) is 66.3 Å². The van der Waals surface area contributed by atoms with Gasteiger partial charge in [0.2, 0.25) is 0 Å². The van der Waals surface area contributed by atoms with Crippen molar-refractivity contribution in [2.45, 2.75) is 72.1 Å². The highest BCUT2D eigenvalue weighted by atomic mass is 32.2. The fraction of sp³-hybridized carbons (Fsp3) is 0.417. The number of hydrogen-bond donors (Lipinski definition) is 0. The zero-order chi connectivity index (χ0) is 30.1. The summed E-state index contributed by atoms with van der Waals surface area (Å²) >= 11 is 3.18. The van der Waals surface area contributed by atoms with Crippen LogP contribution in [0.5, 0.6) is 0 Å². The van der Waals surface area contributed by atoms with E-state index in [1.807, 2.05) is 57.2 Å². The van der Waals surface area contributed by atoms with Crippen LogP contribution in [0.25, 0.3) is 0 Å². The molecule has 3 nitrogen and oxygen atoms in total. The summed E-state index contributed by atoms with van der Waals surface area (Å²) in [4.78, 5) is 14.1. The molecule has 1 fully saturated rings. The van der Waals surface area contributed by atoms with E-state index < -0.39 is 0 Å². The molecule has 0 aromatic rings. The minimum absolute atomic E-state index is 0.249. The topological polar surface area (TPSA) is 35.5 Å². The number of carbonyl (C=O) groups is 1. The third-order valence-electron chi connectivity index (χ3n) is 6.28. The highest BCUT2D eigenvalue weighted by molar-refractivity contribution is 8.24. The van der Waals surface area contributed by atoms with Crippen molar-refractivity contribution in [3.8, 4) is 0 Å².